The van der Waals surface area contributed by atoms with Crippen LogP contribution in [0.5, 0.6) is 0 Å². The molecule has 0 heteroatoms. The second-order valence-electron chi connectivity index (χ2n) is 17.9. The molecular weight excluding hydrogens is 793 g/mol. The Bertz CT molecular complexity index is 3760. The monoisotopic (exact) mass is 832 g/mol. The van der Waals surface area contributed by atoms with Crippen molar-refractivity contribution in [3.05, 3.63) is 243 Å². The van der Waals surface area contributed by atoms with Crippen LogP contribution in [0.15, 0.2) is 243 Å². The van der Waals surface area contributed by atoms with E-state index in [9.17, 15) is 0 Å². The lowest BCUT2D eigenvalue weighted by molar-refractivity contribution is 1.68. The Balaban J connectivity index is 1.18. The minimum Gasteiger partial charge on any atom is -0.0616 e. The Labute approximate surface area is 382 Å². The first-order valence-corrected chi connectivity index (χ1v) is 23.0. The summed E-state index contributed by atoms with van der Waals surface area (Å²) in [6, 6.07) is 90.8. The molecule has 14 aromatic carbocycles. The number of rotatable bonds is 4. The Morgan fingerprint density at radius 1 is 0.152 bits per heavy atom. The third-order valence-electron chi connectivity index (χ3n) is 14.4. The van der Waals surface area contributed by atoms with Gasteiger partial charge in [-0.05, 0) is 166 Å². The van der Waals surface area contributed by atoms with Crippen molar-refractivity contribution in [1.29, 1.82) is 0 Å². The molecule has 14 aromatic rings. The van der Waals surface area contributed by atoms with Gasteiger partial charge in [0.15, 0.2) is 0 Å². The van der Waals surface area contributed by atoms with E-state index in [0.29, 0.717) is 0 Å². The average molecular weight is 833 g/mol. The maximum absolute atomic E-state index is 2.49. The lowest BCUT2D eigenvalue weighted by atomic mass is 9.83. The zero-order valence-electron chi connectivity index (χ0n) is 36.1. The molecule has 0 aliphatic carbocycles. The molecule has 0 heterocycles. The molecule has 0 unspecified atom stereocenters. The minimum absolute atomic E-state index is 1.22. The Morgan fingerprint density at radius 3 is 0.636 bits per heavy atom. The second kappa shape index (κ2) is 14.5. The first kappa shape index (κ1) is 36.9. The van der Waals surface area contributed by atoms with E-state index >= 15 is 0 Å². The van der Waals surface area contributed by atoms with Gasteiger partial charge >= 0.3 is 0 Å². The van der Waals surface area contributed by atoms with Crippen molar-refractivity contribution in [2.75, 3.05) is 0 Å². The molecule has 0 fully saturated rings. The molecule has 0 aromatic heterocycles. The van der Waals surface area contributed by atoms with Crippen LogP contribution >= 0.6 is 0 Å². The maximum Gasteiger partial charge on any atom is -0.00134 e. The van der Waals surface area contributed by atoms with E-state index in [2.05, 4.69) is 243 Å². The van der Waals surface area contributed by atoms with E-state index < -0.39 is 0 Å². The van der Waals surface area contributed by atoms with Crippen molar-refractivity contribution in [3.63, 3.8) is 0 Å². The molecular formula is C66H40. The van der Waals surface area contributed by atoms with Crippen LogP contribution in [0.2, 0.25) is 0 Å². The standard InChI is InChI=1S/C66H40/c1-5-21-49-41(13-1)17-9-25-53(49)45-29-33-57-58-34-30-47(55-27-11-19-43-15-3-7-23-51(43)55)39-63(58)66-64-40-48(56-28-12-20-44-16-4-8-24-52(44)56)32-36-60(64)59-35-31-46(38-62(59)65(66)61(57)37-45)54-26-10-18-42-14-2-6-22-50(42)54/h1-40H. The van der Waals surface area contributed by atoms with Crippen molar-refractivity contribution in [2.24, 2.45) is 0 Å². The lowest BCUT2D eigenvalue weighted by Crippen LogP contribution is -1.92. The lowest BCUT2D eigenvalue weighted by Gasteiger charge is -2.20. The first-order valence-electron chi connectivity index (χ1n) is 23.0. The fraction of sp³-hybridized carbons (Fsp3) is 0. The summed E-state index contributed by atoms with van der Waals surface area (Å²) in [6.45, 7) is 0. The molecule has 0 atom stereocenters. The molecule has 0 radical (unpaired) electrons. The van der Waals surface area contributed by atoms with Gasteiger partial charge < -0.3 is 0 Å². The van der Waals surface area contributed by atoms with E-state index in [-0.39, 0.29) is 0 Å². The third-order valence-corrected chi connectivity index (χ3v) is 14.4. The number of benzene rings is 14. The highest BCUT2D eigenvalue weighted by atomic mass is 14.2. The van der Waals surface area contributed by atoms with E-state index in [1.165, 1.54) is 141 Å². The summed E-state index contributed by atoms with van der Waals surface area (Å²) < 4.78 is 0. The van der Waals surface area contributed by atoms with Gasteiger partial charge in [0.1, 0.15) is 0 Å². The van der Waals surface area contributed by atoms with Crippen molar-refractivity contribution in [2.45, 2.75) is 0 Å². The molecule has 0 spiro atoms. The average Bonchev–Trinajstić information content (AvgIpc) is 3.39. The highest BCUT2D eigenvalue weighted by molar-refractivity contribution is 6.40. The van der Waals surface area contributed by atoms with Crippen molar-refractivity contribution < 1.29 is 0 Å². The molecule has 0 saturated heterocycles. The normalized spacial score (nSPS) is 11.9. The Morgan fingerprint density at radius 2 is 0.379 bits per heavy atom. The van der Waals surface area contributed by atoms with Crippen LogP contribution in [-0.4, -0.2) is 0 Å². The van der Waals surface area contributed by atoms with E-state index in [1.54, 1.807) is 0 Å². The van der Waals surface area contributed by atoms with Gasteiger partial charge in [-0.1, -0.05) is 218 Å². The van der Waals surface area contributed by atoms with E-state index in [4.69, 9.17) is 0 Å². The summed E-state index contributed by atoms with van der Waals surface area (Å²) in [5.41, 5.74) is 9.85. The summed E-state index contributed by atoms with van der Waals surface area (Å²) in [5, 5.41) is 22.7. The van der Waals surface area contributed by atoms with Crippen molar-refractivity contribution in [1.82, 2.24) is 0 Å². The van der Waals surface area contributed by atoms with Gasteiger partial charge in [0.25, 0.3) is 0 Å². The summed E-state index contributed by atoms with van der Waals surface area (Å²) in [7, 11) is 0. The van der Waals surface area contributed by atoms with Crippen LogP contribution in [0.1, 0.15) is 0 Å². The van der Waals surface area contributed by atoms with Crippen molar-refractivity contribution in [3.8, 4) is 44.5 Å². The largest absolute Gasteiger partial charge is 0.0616 e. The molecule has 0 N–H and O–H groups in total. The molecule has 0 nitrogen and oxygen atoms in total. The minimum atomic E-state index is 1.22. The van der Waals surface area contributed by atoms with Crippen LogP contribution in [0, 0.1) is 0 Å². The van der Waals surface area contributed by atoms with Crippen LogP contribution < -0.4 is 0 Å². The SMILES string of the molecule is c1ccc2c(-c3ccc4c5ccc(-c6cccc7ccccc67)cc5c5c6cc(-c7cccc8ccccc78)ccc6c6ccc(-c7cccc8ccccc78)cc6c5c4c3)cccc2c1. The first-order chi connectivity index (χ1) is 32.7. The summed E-state index contributed by atoms with van der Waals surface area (Å²) in [6.07, 6.45) is 0. The van der Waals surface area contributed by atoms with Gasteiger partial charge in [-0.3, -0.25) is 0 Å². The smallest absolute Gasteiger partial charge is 0.00134 e. The van der Waals surface area contributed by atoms with Gasteiger partial charge in [-0.25, -0.2) is 0 Å². The van der Waals surface area contributed by atoms with Gasteiger partial charge in [0, 0.05) is 0 Å². The maximum atomic E-state index is 2.49. The molecule has 0 aliphatic rings. The molecule has 14 rings (SSSR count). The third kappa shape index (κ3) is 5.59. The van der Waals surface area contributed by atoms with Crippen LogP contribution in [-0.2, 0) is 0 Å². The molecule has 304 valence electrons. The fourth-order valence-electron chi connectivity index (χ4n) is 11.4. The number of hydrogen-bond donors (Lipinski definition) is 0. The summed E-state index contributed by atoms with van der Waals surface area (Å²) in [4.78, 5) is 0. The fourth-order valence-corrected chi connectivity index (χ4v) is 11.4. The zero-order valence-corrected chi connectivity index (χ0v) is 36.1. The predicted octanol–water partition coefficient (Wildman–Crippen LogP) is 18.7. The summed E-state index contributed by atoms with van der Waals surface area (Å²) in [5.74, 6) is 0. The van der Waals surface area contributed by atoms with Gasteiger partial charge in [0.2, 0.25) is 0 Å². The van der Waals surface area contributed by atoms with E-state index in [1.807, 2.05) is 0 Å². The van der Waals surface area contributed by atoms with Crippen LogP contribution in [0.3, 0.4) is 0 Å². The quantitative estimate of drug-likeness (QED) is 0.155. The molecule has 66 heavy (non-hydrogen) atoms. The number of hydrogen-bond acceptors (Lipinski definition) is 0. The van der Waals surface area contributed by atoms with Gasteiger partial charge in [-0.2, -0.15) is 0 Å². The van der Waals surface area contributed by atoms with Crippen molar-refractivity contribution >= 4 is 97.0 Å². The van der Waals surface area contributed by atoms with Gasteiger partial charge in [0.05, 0.1) is 0 Å². The summed E-state index contributed by atoms with van der Waals surface area (Å²) >= 11 is 0. The predicted molar refractivity (Wildman–Crippen MR) is 286 cm³/mol. The number of fused-ring (bicyclic) bond motifs is 15. The highest BCUT2D eigenvalue weighted by Gasteiger charge is 2.20. The van der Waals surface area contributed by atoms with E-state index in [0.717, 1.165) is 0 Å². The van der Waals surface area contributed by atoms with Gasteiger partial charge in [-0.15, -0.1) is 0 Å². The Kier molecular flexibility index (Phi) is 8.08. The highest BCUT2D eigenvalue weighted by Crippen LogP contribution is 2.48. The van der Waals surface area contributed by atoms with Crippen LogP contribution in [0.4, 0.5) is 0 Å². The molecule has 0 saturated carbocycles. The van der Waals surface area contributed by atoms with Crippen LogP contribution in [0.25, 0.3) is 141 Å². The zero-order chi connectivity index (χ0) is 43.3. The second-order valence-corrected chi connectivity index (χ2v) is 17.9. The molecule has 0 aliphatic heterocycles. The Hall–Kier alpha value is -8.58. The topological polar surface area (TPSA) is 0 Å². The molecule has 0 amide bonds. The molecule has 0 bridgehead atoms.